The highest BCUT2D eigenvalue weighted by Gasteiger charge is 2.19. The van der Waals surface area contributed by atoms with Crippen molar-refractivity contribution in [2.45, 2.75) is 271 Å². The highest BCUT2D eigenvalue weighted by atomic mass is 16.6. The van der Waals surface area contributed by atoms with Gasteiger partial charge in [0.25, 0.3) is 0 Å². The SMILES string of the molecule is CCC/C=C\C/C=C\CCCCCCCC(=O)OC(COC(=O)CCCCCCC/C=C\CCCC)COC(=O)CCCCCCCCCCCCCCCCCCC. The lowest BCUT2D eigenvalue weighted by atomic mass is 10.0. The summed E-state index contributed by atoms with van der Waals surface area (Å²) < 4.78 is 16.8. The quantitative estimate of drug-likeness (QED) is 0.0263. The molecule has 1 unspecified atom stereocenters. The maximum atomic E-state index is 12.8. The number of unbranched alkanes of at least 4 members (excludes halogenated alkanes) is 29. The van der Waals surface area contributed by atoms with E-state index in [0.717, 1.165) is 96.3 Å². The van der Waals surface area contributed by atoms with Gasteiger partial charge in [-0.3, -0.25) is 14.4 Å². The lowest BCUT2D eigenvalue weighted by Gasteiger charge is -2.18. The monoisotopic (exact) mass is 829 g/mol. The number of hydrogen-bond donors (Lipinski definition) is 0. The summed E-state index contributed by atoms with van der Waals surface area (Å²) in [6, 6.07) is 0. The van der Waals surface area contributed by atoms with Crippen LogP contribution in [0.5, 0.6) is 0 Å². The first-order chi connectivity index (χ1) is 29.0. The standard InChI is InChI=1S/C53H96O6/c1-4-7-10-13-16-19-22-24-25-26-27-29-31-34-37-40-43-46-52(55)58-49-50(48-57-51(54)45-42-39-36-33-30-21-18-15-12-9-6-3)59-53(56)47-44-41-38-35-32-28-23-20-17-14-11-8-5-2/h11,14-15,18,20,23,50H,4-10,12-13,16-17,19,21-22,24-49H2,1-3H3/b14-11-,18-15-,23-20-. The molecule has 6 heteroatoms. The van der Waals surface area contributed by atoms with Crippen LogP contribution < -0.4 is 0 Å². The van der Waals surface area contributed by atoms with Gasteiger partial charge >= 0.3 is 17.9 Å². The number of carbonyl (C=O) groups is 3. The van der Waals surface area contributed by atoms with E-state index in [0.29, 0.717) is 19.3 Å². The van der Waals surface area contributed by atoms with E-state index in [-0.39, 0.29) is 31.1 Å². The van der Waals surface area contributed by atoms with Gasteiger partial charge in [0.15, 0.2) is 6.10 Å². The summed E-state index contributed by atoms with van der Waals surface area (Å²) in [6.45, 7) is 6.54. The zero-order valence-corrected chi connectivity index (χ0v) is 39.3. The Morgan fingerprint density at radius 3 is 1.07 bits per heavy atom. The van der Waals surface area contributed by atoms with E-state index in [9.17, 15) is 14.4 Å². The van der Waals surface area contributed by atoms with Crippen LogP contribution in [-0.4, -0.2) is 37.2 Å². The van der Waals surface area contributed by atoms with Crippen LogP contribution in [0.3, 0.4) is 0 Å². The Hall–Kier alpha value is -2.37. The van der Waals surface area contributed by atoms with Crippen molar-refractivity contribution in [3.8, 4) is 0 Å². The first-order valence-corrected chi connectivity index (χ1v) is 25.5. The molecule has 0 aliphatic rings. The minimum absolute atomic E-state index is 0.0778. The molecule has 0 aromatic carbocycles. The van der Waals surface area contributed by atoms with Gasteiger partial charge in [0, 0.05) is 19.3 Å². The average Bonchev–Trinajstić information content (AvgIpc) is 3.23. The zero-order chi connectivity index (χ0) is 43.0. The lowest BCUT2D eigenvalue weighted by Crippen LogP contribution is -2.30. The third kappa shape index (κ3) is 46.5. The molecule has 0 amide bonds. The molecule has 0 N–H and O–H groups in total. The molecular formula is C53H96O6. The Kier molecular flexibility index (Phi) is 46.4. The van der Waals surface area contributed by atoms with Crippen LogP contribution in [0.4, 0.5) is 0 Å². The highest BCUT2D eigenvalue weighted by molar-refractivity contribution is 5.71. The maximum absolute atomic E-state index is 12.8. The van der Waals surface area contributed by atoms with Gasteiger partial charge < -0.3 is 14.2 Å². The van der Waals surface area contributed by atoms with Crippen molar-refractivity contribution in [1.82, 2.24) is 0 Å². The van der Waals surface area contributed by atoms with Gasteiger partial charge in [0.05, 0.1) is 0 Å². The van der Waals surface area contributed by atoms with Gasteiger partial charge in [-0.1, -0.05) is 218 Å². The van der Waals surface area contributed by atoms with Gasteiger partial charge in [-0.2, -0.15) is 0 Å². The van der Waals surface area contributed by atoms with Gasteiger partial charge in [-0.05, 0) is 64.2 Å². The average molecular weight is 829 g/mol. The molecule has 0 aliphatic heterocycles. The fraction of sp³-hybridized carbons (Fsp3) is 0.830. The Morgan fingerprint density at radius 2 is 0.661 bits per heavy atom. The number of allylic oxidation sites excluding steroid dienone is 6. The molecule has 59 heavy (non-hydrogen) atoms. The van der Waals surface area contributed by atoms with Crippen molar-refractivity contribution in [2.75, 3.05) is 13.2 Å². The molecule has 1 atom stereocenters. The first-order valence-electron chi connectivity index (χ1n) is 25.5. The number of carbonyl (C=O) groups excluding carboxylic acids is 3. The van der Waals surface area contributed by atoms with Crippen molar-refractivity contribution in [3.63, 3.8) is 0 Å². The molecule has 0 spiro atoms. The minimum atomic E-state index is -0.778. The molecule has 0 fully saturated rings. The molecule has 0 saturated heterocycles. The molecule has 344 valence electrons. The molecule has 0 radical (unpaired) electrons. The third-order valence-corrected chi connectivity index (χ3v) is 11.1. The Balaban J connectivity index is 4.33. The summed E-state index contributed by atoms with van der Waals surface area (Å²) in [5.41, 5.74) is 0. The normalized spacial score (nSPS) is 12.3. The van der Waals surface area contributed by atoms with Gasteiger partial charge in [0.2, 0.25) is 0 Å². The van der Waals surface area contributed by atoms with Gasteiger partial charge in [-0.15, -0.1) is 0 Å². The predicted octanol–water partition coefficient (Wildman–Crippen LogP) is 16.5. The number of rotatable bonds is 46. The van der Waals surface area contributed by atoms with E-state index in [1.54, 1.807) is 0 Å². The molecule has 0 aromatic rings. The highest BCUT2D eigenvalue weighted by Crippen LogP contribution is 2.16. The number of ether oxygens (including phenoxy) is 3. The van der Waals surface area contributed by atoms with Crippen molar-refractivity contribution in [2.24, 2.45) is 0 Å². The Morgan fingerprint density at radius 1 is 0.339 bits per heavy atom. The fourth-order valence-electron chi connectivity index (χ4n) is 7.23. The van der Waals surface area contributed by atoms with E-state index in [4.69, 9.17) is 14.2 Å². The van der Waals surface area contributed by atoms with Crippen molar-refractivity contribution >= 4 is 17.9 Å². The fourth-order valence-corrected chi connectivity index (χ4v) is 7.23. The first kappa shape index (κ1) is 56.6. The molecule has 0 aliphatic carbocycles. The third-order valence-electron chi connectivity index (χ3n) is 11.1. The molecule has 6 nitrogen and oxygen atoms in total. The molecule has 0 rings (SSSR count). The molecular weight excluding hydrogens is 733 g/mol. The van der Waals surface area contributed by atoms with E-state index in [2.05, 4.69) is 57.2 Å². The van der Waals surface area contributed by atoms with Crippen molar-refractivity contribution < 1.29 is 28.6 Å². The number of hydrogen-bond acceptors (Lipinski definition) is 6. The second-order valence-corrected chi connectivity index (χ2v) is 17.1. The van der Waals surface area contributed by atoms with Crippen molar-refractivity contribution in [3.05, 3.63) is 36.5 Å². The predicted molar refractivity (Wildman–Crippen MR) is 252 cm³/mol. The van der Waals surface area contributed by atoms with E-state index >= 15 is 0 Å². The van der Waals surface area contributed by atoms with E-state index in [1.807, 2.05) is 0 Å². The molecule has 0 saturated carbocycles. The van der Waals surface area contributed by atoms with Crippen LogP contribution >= 0.6 is 0 Å². The second kappa shape index (κ2) is 48.3. The van der Waals surface area contributed by atoms with Crippen LogP contribution in [0, 0.1) is 0 Å². The molecule has 0 heterocycles. The molecule has 0 bridgehead atoms. The summed E-state index contributed by atoms with van der Waals surface area (Å²) in [5.74, 6) is -0.894. The van der Waals surface area contributed by atoms with E-state index < -0.39 is 6.10 Å². The minimum Gasteiger partial charge on any atom is -0.462 e. The zero-order valence-electron chi connectivity index (χ0n) is 39.3. The summed E-state index contributed by atoms with van der Waals surface area (Å²) in [7, 11) is 0. The Labute approximate surface area is 365 Å². The van der Waals surface area contributed by atoms with Crippen LogP contribution in [0.25, 0.3) is 0 Å². The summed E-state index contributed by atoms with van der Waals surface area (Å²) in [6.07, 6.45) is 55.6. The second-order valence-electron chi connectivity index (χ2n) is 17.1. The largest absolute Gasteiger partial charge is 0.462 e. The van der Waals surface area contributed by atoms with Crippen molar-refractivity contribution in [1.29, 1.82) is 0 Å². The van der Waals surface area contributed by atoms with Crippen LogP contribution in [-0.2, 0) is 28.6 Å². The number of esters is 3. The smallest absolute Gasteiger partial charge is 0.306 e. The van der Waals surface area contributed by atoms with Gasteiger partial charge in [0.1, 0.15) is 13.2 Å². The topological polar surface area (TPSA) is 78.9 Å². The van der Waals surface area contributed by atoms with E-state index in [1.165, 1.54) is 128 Å². The van der Waals surface area contributed by atoms with Crippen LogP contribution in [0.15, 0.2) is 36.5 Å². The lowest BCUT2D eigenvalue weighted by molar-refractivity contribution is -0.167. The van der Waals surface area contributed by atoms with Gasteiger partial charge in [-0.25, -0.2) is 0 Å². The maximum Gasteiger partial charge on any atom is 0.306 e. The summed E-state index contributed by atoms with van der Waals surface area (Å²) in [4.78, 5) is 37.9. The van der Waals surface area contributed by atoms with Crippen LogP contribution in [0.1, 0.15) is 265 Å². The Bertz CT molecular complexity index is 1000. The summed E-state index contributed by atoms with van der Waals surface area (Å²) in [5, 5.41) is 0. The molecule has 0 aromatic heterocycles. The van der Waals surface area contributed by atoms with Crippen LogP contribution in [0.2, 0.25) is 0 Å². The summed E-state index contributed by atoms with van der Waals surface area (Å²) >= 11 is 0.